The molecule has 0 amide bonds. The summed E-state index contributed by atoms with van der Waals surface area (Å²) in [6, 6.07) is 15.2. The molecule has 4 N–H and O–H groups in total. The fourth-order valence-electron chi connectivity index (χ4n) is 3.99. The molecule has 0 bridgehead atoms. The number of phenols is 1. The fraction of sp³-hybridized carbons (Fsp3) is 0.318. The zero-order chi connectivity index (χ0) is 18.8. The van der Waals surface area contributed by atoms with Gasteiger partial charge in [-0.05, 0) is 54.5 Å². The van der Waals surface area contributed by atoms with E-state index in [1.807, 2.05) is 0 Å². The SMILES string of the molecule is O=c1ccc2c([C@@H](O)CNC3CCc4ccccc4CC3)ccc(O)c2[nH]1. The van der Waals surface area contributed by atoms with Crippen LogP contribution in [0.25, 0.3) is 10.9 Å². The van der Waals surface area contributed by atoms with Gasteiger partial charge in [0.2, 0.25) is 5.56 Å². The summed E-state index contributed by atoms with van der Waals surface area (Å²) in [4.78, 5) is 14.2. The topological polar surface area (TPSA) is 85.3 Å². The predicted octanol–water partition coefficient (Wildman–Crippen LogP) is 2.80. The first-order valence-electron chi connectivity index (χ1n) is 9.45. The lowest BCUT2D eigenvalue weighted by molar-refractivity contribution is 0.169. The lowest BCUT2D eigenvalue weighted by Crippen LogP contribution is -2.33. The number of H-pyrrole nitrogens is 1. The van der Waals surface area contributed by atoms with Gasteiger partial charge in [-0.15, -0.1) is 0 Å². The summed E-state index contributed by atoms with van der Waals surface area (Å²) in [5.41, 5.74) is 3.64. The maximum atomic E-state index is 11.5. The third-order valence-corrected chi connectivity index (χ3v) is 5.51. The Bertz CT molecular complexity index is 985. The predicted molar refractivity (Wildman–Crippen MR) is 106 cm³/mol. The van der Waals surface area contributed by atoms with E-state index in [0.29, 0.717) is 29.1 Å². The normalized spacial score (nSPS) is 16.0. The molecular formula is C22H24N2O3. The monoisotopic (exact) mass is 364 g/mol. The standard InChI is InChI=1S/C22H24N2O3/c25-19-11-9-17(18-10-12-21(27)24-22(18)19)20(26)13-23-16-7-5-14-3-1-2-4-15(14)6-8-16/h1-4,9-12,16,20,23,25-26H,5-8,13H2,(H,24,27)/t20-/m0/s1. The number of fused-ring (bicyclic) bond motifs is 2. The molecule has 2 aromatic carbocycles. The number of pyridine rings is 1. The highest BCUT2D eigenvalue weighted by atomic mass is 16.3. The molecule has 1 atom stereocenters. The van der Waals surface area contributed by atoms with Gasteiger partial charge in [-0.1, -0.05) is 30.3 Å². The summed E-state index contributed by atoms with van der Waals surface area (Å²) in [6.07, 6.45) is 3.48. The van der Waals surface area contributed by atoms with Crippen LogP contribution in [0.4, 0.5) is 0 Å². The number of aryl methyl sites for hydroxylation is 2. The zero-order valence-corrected chi connectivity index (χ0v) is 15.1. The molecule has 0 saturated carbocycles. The molecule has 4 rings (SSSR count). The zero-order valence-electron chi connectivity index (χ0n) is 15.1. The number of aromatic amines is 1. The summed E-state index contributed by atoms with van der Waals surface area (Å²) >= 11 is 0. The molecule has 0 unspecified atom stereocenters. The van der Waals surface area contributed by atoms with Crippen molar-refractivity contribution in [1.82, 2.24) is 10.3 Å². The Hall–Kier alpha value is -2.63. The second-order valence-corrected chi connectivity index (χ2v) is 7.25. The van der Waals surface area contributed by atoms with Crippen molar-refractivity contribution in [1.29, 1.82) is 0 Å². The molecule has 1 aliphatic carbocycles. The van der Waals surface area contributed by atoms with E-state index in [0.717, 1.165) is 25.7 Å². The number of benzene rings is 2. The number of nitrogens with one attached hydrogen (secondary N) is 2. The second kappa shape index (κ2) is 7.55. The fourth-order valence-corrected chi connectivity index (χ4v) is 3.99. The average molecular weight is 364 g/mol. The summed E-state index contributed by atoms with van der Waals surface area (Å²) in [5.74, 6) is 0.00754. The van der Waals surface area contributed by atoms with Gasteiger partial charge in [0.05, 0.1) is 11.6 Å². The van der Waals surface area contributed by atoms with Crippen LogP contribution in [0.5, 0.6) is 5.75 Å². The number of hydrogen-bond acceptors (Lipinski definition) is 4. The van der Waals surface area contributed by atoms with Gasteiger partial charge < -0.3 is 20.5 Å². The van der Waals surface area contributed by atoms with E-state index >= 15 is 0 Å². The minimum atomic E-state index is -0.718. The molecule has 1 aliphatic rings. The first-order valence-corrected chi connectivity index (χ1v) is 9.45. The maximum absolute atomic E-state index is 11.5. The van der Waals surface area contributed by atoms with E-state index < -0.39 is 6.10 Å². The van der Waals surface area contributed by atoms with E-state index in [4.69, 9.17) is 0 Å². The van der Waals surface area contributed by atoms with Crippen LogP contribution in [-0.2, 0) is 12.8 Å². The molecule has 0 aliphatic heterocycles. The van der Waals surface area contributed by atoms with Gasteiger partial charge in [0, 0.05) is 24.0 Å². The van der Waals surface area contributed by atoms with Gasteiger partial charge >= 0.3 is 0 Å². The van der Waals surface area contributed by atoms with Gasteiger partial charge in [-0.3, -0.25) is 4.79 Å². The summed E-state index contributed by atoms with van der Waals surface area (Å²) in [7, 11) is 0. The molecule has 27 heavy (non-hydrogen) atoms. The van der Waals surface area contributed by atoms with Crippen LogP contribution in [0.2, 0.25) is 0 Å². The summed E-state index contributed by atoms with van der Waals surface area (Å²) in [5, 5.41) is 24.9. The summed E-state index contributed by atoms with van der Waals surface area (Å²) in [6.45, 7) is 0.431. The van der Waals surface area contributed by atoms with Gasteiger partial charge in [-0.25, -0.2) is 0 Å². The molecular weight excluding hydrogens is 340 g/mol. The number of aromatic nitrogens is 1. The molecule has 140 valence electrons. The van der Waals surface area contributed by atoms with Crippen LogP contribution in [-0.4, -0.2) is 27.8 Å². The Labute approximate surface area is 157 Å². The van der Waals surface area contributed by atoms with Gasteiger partial charge in [0.15, 0.2) is 0 Å². The van der Waals surface area contributed by atoms with Crippen LogP contribution < -0.4 is 10.9 Å². The Morgan fingerprint density at radius 1 is 1.04 bits per heavy atom. The van der Waals surface area contributed by atoms with Crippen molar-refractivity contribution in [2.45, 2.75) is 37.8 Å². The number of aromatic hydroxyl groups is 1. The largest absolute Gasteiger partial charge is 0.506 e. The van der Waals surface area contributed by atoms with Gasteiger partial charge in [-0.2, -0.15) is 0 Å². The Kier molecular flexibility index (Phi) is 4.97. The van der Waals surface area contributed by atoms with Crippen LogP contribution in [0.1, 0.15) is 35.6 Å². The molecule has 0 spiro atoms. The van der Waals surface area contributed by atoms with Crippen LogP contribution in [0.3, 0.4) is 0 Å². The highest BCUT2D eigenvalue weighted by Crippen LogP contribution is 2.29. The van der Waals surface area contributed by atoms with Crippen molar-refractivity contribution in [3.63, 3.8) is 0 Å². The number of aliphatic hydroxyl groups excluding tert-OH is 1. The molecule has 0 saturated heterocycles. The highest BCUT2D eigenvalue weighted by Gasteiger charge is 2.18. The quantitative estimate of drug-likeness (QED) is 0.536. The molecule has 1 heterocycles. The summed E-state index contributed by atoms with van der Waals surface area (Å²) < 4.78 is 0. The van der Waals surface area contributed by atoms with Gasteiger partial charge in [0.25, 0.3) is 0 Å². The van der Waals surface area contributed by atoms with Crippen molar-refractivity contribution in [2.75, 3.05) is 6.54 Å². The number of hydrogen-bond donors (Lipinski definition) is 4. The molecule has 0 fully saturated rings. The number of phenolic OH excluding ortho intramolecular Hbond substituents is 1. The molecule has 3 aromatic rings. The number of rotatable bonds is 4. The molecule has 5 nitrogen and oxygen atoms in total. The molecule has 5 heteroatoms. The molecule has 1 aromatic heterocycles. The van der Waals surface area contributed by atoms with E-state index in [-0.39, 0.29) is 11.3 Å². The van der Waals surface area contributed by atoms with Crippen molar-refractivity contribution in [2.24, 2.45) is 0 Å². The van der Waals surface area contributed by atoms with Crippen molar-refractivity contribution < 1.29 is 10.2 Å². The Morgan fingerprint density at radius 2 is 1.74 bits per heavy atom. The lowest BCUT2D eigenvalue weighted by atomic mass is 10.0. The number of aliphatic hydroxyl groups is 1. The van der Waals surface area contributed by atoms with Crippen molar-refractivity contribution in [3.8, 4) is 5.75 Å². The van der Waals surface area contributed by atoms with E-state index in [2.05, 4.69) is 34.6 Å². The minimum Gasteiger partial charge on any atom is -0.506 e. The van der Waals surface area contributed by atoms with E-state index in [9.17, 15) is 15.0 Å². The molecule has 0 radical (unpaired) electrons. The first kappa shape index (κ1) is 17.8. The van der Waals surface area contributed by atoms with Crippen LogP contribution in [0, 0.1) is 0 Å². The average Bonchev–Trinajstić information content (AvgIpc) is 2.89. The maximum Gasteiger partial charge on any atom is 0.248 e. The minimum absolute atomic E-state index is 0.00754. The third kappa shape index (κ3) is 3.75. The highest BCUT2D eigenvalue weighted by molar-refractivity contribution is 5.87. The first-order chi connectivity index (χ1) is 13.1. The van der Waals surface area contributed by atoms with Crippen LogP contribution >= 0.6 is 0 Å². The lowest BCUT2D eigenvalue weighted by Gasteiger charge is -2.20. The van der Waals surface area contributed by atoms with E-state index in [1.165, 1.54) is 23.3 Å². The second-order valence-electron chi connectivity index (χ2n) is 7.25. The van der Waals surface area contributed by atoms with Crippen molar-refractivity contribution >= 4 is 10.9 Å². The third-order valence-electron chi connectivity index (χ3n) is 5.51. The van der Waals surface area contributed by atoms with E-state index in [1.54, 1.807) is 12.1 Å². The van der Waals surface area contributed by atoms with Gasteiger partial charge in [0.1, 0.15) is 5.75 Å². The van der Waals surface area contributed by atoms with Crippen molar-refractivity contribution in [3.05, 3.63) is 75.6 Å². The Balaban J connectivity index is 1.46. The van der Waals surface area contributed by atoms with Crippen LogP contribution in [0.15, 0.2) is 53.3 Å². The smallest absolute Gasteiger partial charge is 0.248 e. The Morgan fingerprint density at radius 3 is 2.44 bits per heavy atom.